The van der Waals surface area contributed by atoms with Gasteiger partial charge in [0.2, 0.25) is 5.91 Å². The second-order valence-corrected chi connectivity index (χ2v) is 5.15. The van der Waals surface area contributed by atoms with Crippen molar-refractivity contribution in [3.05, 3.63) is 65.7 Å². The highest BCUT2D eigenvalue weighted by molar-refractivity contribution is 5.78. The minimum atomic E-state index is -0.384. The summed E-state index contributed by atoms with van der Waals surface area (Å²) in [4.78, 5) is 16.1. The van der Waals surface area contributed by atoms with Crippen LogP contribution in [0.15, 0.2) is 48.7 Å². The molecule has 4 nitrogen and oxygen atoms in total. The topological polar surface area (TPSA) is 62.2 Å². The summed E-state index contributed by atoms with van der Waals surface area (Å²) in [6, 6.07) is 11.8. The zero-order chi connectivity index (χ0) is 15.8. The number of amides is 1. The number of aromatic nitrogens is 1. The normalized spacial score (nSPS) is 11.9. The fourth-order valence-electron chi connectivity index (χ4n) is 2.15. The van der Waals surface area contributed by atoms with Gasteiger partial charge in [0.05, 0.1) is 6.42 Å². The standard InChI is InChI=1S/C17H19FN2O2/c18-16-7-2-1-5-14(16)10-17(22)20-11-13(12-21)9-15-6-3-4-8-19-15/h1-8,13,21H,9-12H2,(H,20,22). The van der Waals surface area contributed by atoms with Crippen molar-refractivity contribution in [2.75, 3.05) is 13.2 Å². The summed E-state index contributed by atoms with van der Waals surface area (Å²) in [5.41, 5.74) is 1.23. The summed E-state index contributed by atoms with van der Waals surface area (Å²) in [5, 5.41) is 12.1. The number of carbonyl (C=O) groups excluding carboxylic acids is 1. The molecule has 1 aromatic carbocycles. The molecule has 1 unspecified atom stereocenters. The fourth-order valence-corrected chi connectivity index (χ4v) is 2.15. The Morgan fingerprint density at radius 2 is 2.00 bits per heavy atom. The van der Waals surface area contributed by atoms with Crippen LogP contribution in [0.3, 0.4) is 0 Å². The highest BCUT2D eigenvalue weighted by Gasteiger charge is 2.12. The minimum absolute atomic E-state index is 0.00555. The van der Waals surface area contributed by atoms with Crippen LogP contribution in [0.1, 0.15) is 11.3 Å². The number of nitrogens with one attached hydrogen (secondary N) is 1. The molecular formula is C17H19FN2O2. The van der Waals surface area contributed by atoms with E-state index in [2.05, 4.69) is 10.3 Å². The predicted molar refractivity (Wildman–Crippen MR) is 81.6 cm³/mol. The Morgan fingerprint density at radius 1 is 1.23 bits per heavy atom. The molecule has 0 aliphatic rings. The van der Waals surface area contributed by atoms with Crippen LogP contribution in [0.25, 0.3) is 0 Å². The van der Waals surface area contributed by atoms with Crippen LogP contribution in [-0.2, 0) is 17.6 Å². The van der Waals surface area contributed by atoms with Crippen molar-refractivity contribution in [2.24, 2.45) is 5.92 Å². The SMILES string of the molecule is O=C(Cc1ccccc1F)NCC(CO)Cc1ccccn1. The first kappa shape index (κ1) is 16.1. The van der Waals surface area contributed by atoms with E-state index in [1.165, 1.54) is 6.07 Å². The van der Waals surface area contributed by atoms with E-state index in [9.17, 15) is 14.3 Å². The average molecular weight is 302 g/mol. The van der Waals surface area contributed by atoms with Gasteiger partial charge in [-0.3, -0.25) is 9.78 Å². The number of aliphatic hydroxyl groups excluding tert-OH is 1. The first-order valence-corrected chi connectivity index (χ1v) is 7.20. The number of aliphatic hydroxyl groups is 1. The predicted octanol–water partition coefficient (Wildman–Crippen LogP) is 1.73. The number of nitrogens with zero attached hydrogens (tertiary/aromatic N) is 1. The molecule has 1 atom stereocenters. The third kappa shape index (κ3) is 4.93. The molecule has 1 aromatic heterocycles. The van der Waals surface area contributed by atoms with Gasteiger partial charge in [0.1, 0.15) is 5.82 Å². The molecule has 0 radical (unpaired) electrons. The Kier molecular flexibility index (Phi) is 6.03. The Morgan fingerprint density at radius 3 is 2.68 bits per heavy atom. The lowest BCUT2D eigenvalue weighted by molar-refractivity contribution is -0.120. The van der Waals surface area contributed by atoms with Crippen molar-refractivity contribution in [2.45, 2.75) is 12.8 Å². The van der Waals surface area contributed by atoms with Crippen LogP contribution in [0.4, 0.5) is 4.39 Å². The Hall–Kier alpha value is -2.27. The summed E-state index contributed by atoms with van der Waals surface area (Å²) >= 11 is 0. The van der Waals surface area contributed by atoms with E-state index in [1.54, 1.807) is 24.4 Å². The van der Waals surface area contributed by atoms with Gasteiger partial charge in [-0.05, 0) is 30.2 Å². The van der Waals surface area contributed by atoms with Crippen LogP contribution in [0.2, 0.25) is 0 Å². The summed E-state index contributed by atoms with van der Waals surface area (Å²) in [5.74, 6) is -0.756. The summed E-state index contributed by atoms with van der Waals surface area (Å²) < 4.78 is 13.5. The number of pyridine rings is 1. The molecule has 116 valence electrons. The molecule has 1 amide bonds. The number of rotatable bonds is 7. The van der Waals surface area contributed by atoms with E-state index in [4.69, 9.17) is 0 Å². The summed E-state index contributed by atoms with van der Waals surface area (Å²) in [6.07, 6.45) is 2.27. The van der Waals surface area contributed by atoms with Crippen molar-refractivity contribution < 1.29 is 14.3 Å². The second-order valence-electron chi connectivity index (χ2n) is 5.15. The van der Waals surface area contributed by atoms with Gasteiger partial charge < -0.3 is 10.4 Å². The molecule has 5 heteroatoms. The maximum absolute atomic E-state index is 13.5. The Balaban J connectivity index is 1.83. The van der Waals surface area contributed by atoms with Gasteiger partial charge in [0.15, 0.2) is 0 Å². The van der Waals surface area contributed by atoms with E-state index >= 15 is 0 Å². The summed E-state index contributed by atoms with van der Waals surface area (Å²) in [7, 11) is 0. The molecule has 0 bridgehead atoms. The van der Waals surface area contributed by atoms with Crippen molar-refractivity contribution in [3.8, 4) is 0 Å². The lowest BCUT2D eigenvalue weighted by Crippen LogP contribution is -2.33. The lowest BCUT2D eigenvalue weighted by atomic mass is 10.0. The van der Waals surface area contributed by atoms with E-state index in [0.29, 0.717) is 18.5 Å². The van der Waals surface area contributed by atoms with Crippen molar-refractivity contribution in [3.63, 3.8) is 0 Å². The largest absolute Gasteiger partial charge is 0.396 e. The van der Waals surface area contributed by atoms with E-state index in [1.807, 2.05) is 18.2 Å². The Labute approximate surface area is 129 Å². The molecular weight excluding hydrogens is 283 g/mol. The van der Waals surface area contributed by atoms with Crippen LogP contribution in [-0.4, -0.2) is 29.1 Å². The van der Waals surface area contributed by atoms with Crippen LogP contribution >= 0.6 is 0 Å². The van der Waals surface area contributed by atoms with Gasteiger partial charge in [-0.1, -0.05) is 24.3 Å². The zero-order valence-corrected chi connectivity index (χ0v) is 12.2. The first-order chi connectivity index (χ1) is 10.7. The maximum Gasteiger partial charge on any atom is 0.224 e. The van der Waals surface area contributed by atoms with Gasteiger partial charge in [-0.2, -0.15) is 0 Å². The molecule has 0 aliphatic carbocycles. The lowest BCUT2D eigenvalue weighted by Gasteiger charge is -2.14. The van der Waals surface area contributed by atoms with Crippen LogP contribution in [0.5, 0.6) is 0 Å². The van der Waals surface area contributed by atoms with Crippen molar-refractivity contribution >= 4 is 5.91 Å². The van der Waals surface area contributed by atoms with Gasteiger partial charge in [0, 0.05) is 31.0 Å². The molecule has 0 fully saturated rings. The van der Waals surface area contributed by atoms with E-state index < -0.39 is 0 Å². The molecule has 1 heterocycles. The quantitative estimate of drug-likeness (QED) is 0.819. The highest BCUT2D eigenvalue weighted by atomic mass is 19.1. The van der Waals surface area contributed by atoms with E-state index in [0.717, 1.165) is 5.69 Å². The number of hydrogen-bond donors (Lipinski definition) is 2. The summed E-state index contributed by atoms with van der Waals surface area (Å²) in [6.45, 7) is 0.289. The molecule has 22 heavy (non-hydrogen) atoms. The fraction of sp³-hybridized carbons (Fsp3) is 0.294. The molecule has 0 aliphatic heterocycles. The number of benzene rings is 1. The Bertz CT molecular complexity index is 605. The first-order valence-electron chi connectivity index (χ1n) is 7.20. The molecule has 0 spiro atoms. The smallest absolute Gasteiger partial charge is 0.224 e. The molecule has 2 rings (SSSR count). The molecule has 0 saturated carbocycles. The van der Waals surface area contributed by atoms with Gasteiger partial charge in [-0.25, -0.2) is 4.39 Å². The molecule has 2 aromatic rings. The van der Waals surface area contributed by atoms with Crippen molar-refractivity contribution in [1.29, 1.82) is 0 Å². The minimum Gasteiger partial charge on any atom is -0.396 e. The number of hydrogen-bond acceptors (Lipinski definition) is 3. The molecule has 0 saturated heterocycles. The van der Waals surface area contributed by atoms with Crippen molar-refractivity contribution in [1.82, 2.24) is 10.3 Å². The average Bonchev–Trinajstić information content (AvgIpc) is 2.54. The number of carbonyl (C=O) groups is 1. The van der Waals surface area contributed by atoms with Gasteiger partial charge in [0.25, 0.3) is 0 Å². The third-order valence-corrected chi connectivity index (χ3v) is 3.38. The molecule has 2 N–H and O–H groups in total. The third-order valence-electron chi connectivity index (χ3n) is 3.38. The maximum atomic E-state index is 13.5. The highest BCUT2D eigenvalue weighted by Crippen LogP contribution is 2.08. The van der Waals surface area contributed by atoms with E-state index in [-0.39, 0.29) is 30.7 Å². The zero-order valence-electron chi connectivity index (χ0n) is 12.2. The van der Waals surface area contributed by atoms with Crippen LogP contribution in [0, 0.1) is 11.7 Å². The van der Waals surface area contributed by atoms with Gasteiger partial charge in [-0.15, -0.1) is 0 Å². The second kappa shape index (κ2) is 8.24. The van der Waals surface area contributed by atoms with Crippen LogP contribution < -0.4 is 5.32 Å². The number of halogens is 1. The monoisotopic (exact) mass is 302 g/mol. The van der Waals surface area contributed by atoms with Gasteiger partial charge >= 0.3 is 0 Å².